The van der Waals surface area contributed by atoms with Crippen molar-refractivity contribution >= 4 is 5.76 Å². The van der Waals surface area contributed by atoms with Gasteiger partial charge in [-0.25, -0.2) is 0 Å². The average Bonchev–Trinajstić information content (AvgIpc) is 2.26. The van der Waals surface area contributed by atoms with E-state index >= 15 is 0 Å². The van der Waals surface area contributed by atoms with Crippen LogP contribution in [0, 0.1) is 0 Å². The molecule has 0 aliphatic rings. The molecule has 0 aliphatic heterocycles. The number of benzene rings is 1. The summed E-state index contributed by atoms with van der Waals surface area (Å²) in [5.74, 6) is 1.87. The van der Waals surface area contributed by atoms with Gasteiger partial charge >= 0.3 is 0 Å². The Labute approximate surface area is 83.9 Å². The SMILES string of the molecule is C=C(OC)c1cccc(OC)c1OC. The maximum atomic E-state index is 5.22. The quantitative estimate of drug-likeness (QED) is 0.688. The van der Waals surface area contributed by atoms with E-state index in [1.807, 2.05) is 18.2 Å². The monoisotopic (exact) mass is 194 g/mol. The molecular formula is C11H14O3. The average molecular weight is 194 g/mol. The summed E-state index contributed by atoms with van der Waals surface area (Å²) >= 11 is 0. The van der Waals surface area contributed by atoms with E-state index in [-0.39, 0.29) is 0 Å². The van der Waals surface area contributed by atoms with E-state index in [0.29, 0.717) is 17.3 Å². The van der Waals surface area contributed by atoms with E-state index < -0.39 is 0 Å². The maximum absolute atomic E-state index is 5.22. The molecule has 0 saturated carbocycles. The molecule has 0 fully saturated rings. The Balaban J connectivity index is 3.21. The lowest BCUT2D eigenvalue weighted by Crippen LogP contribution is -1.95. The van der Waals surface area contributed by atoms with Gasteiger partial charge in [0.05, 0.1) is 26.9 Å². The second-order valence-corrected chi connectivity index (χ2v) is 2.67. The Morgan fingerprint density at radius 3 is 2.36 bits per heavy atom. The number of rotatable bonds is 4. The van der Waals surface area contributed by atoms with Gasteiger partial charge in [0.1, 0.15) is 5.76 Å². The minimum atomic E-state index is 0.556. The van der Waals surface area contributed by atoms with Crippen molar-refractivity contribution in [3.05, 3.63) is 30.3 Å². The van der Waals surface area contributed by atoms with Crippen molar-refractivity contribution in [1.82, 2.24) is 0 Å². The number of para-hydroxylation sites is 1. The predicted molar refractivity (Wildman–Crippen MR) is 55.6 cm³/mol. The lowest BCUT2D eigenvalue weighted by Gasteiger charge is -2.13. The summed E-state index contributed by atoms with van der Waals surface area (Å²) < 4.78 is 15.4. The molecule has 0 saturated heterocycles. The van der Waals surface area contributed by atoms with Crippen LogP contribution in [0.15, 0.2) is 24.8 Å². The van der Waals surface area contributed by atoms with Gasteiger partial charge < -0.3 is 14.2 Å². The van der Waals surface area contributed by atoms with Crippen molar-refractivity contribution in [2.45, 2.75) is 0 Å². The fourth-order valence-corrected chi connectivity index (χ4v) is 1.22. The molecule has 0 unspecified atom stereocenters. The van der Waals surface area contributed by atoms with Gasteiger partial charge in [-0.05, 0) is 12.1 Å². The summed E-state index contributed by atoms with van der Waals surface area (Å²) in [7, 11) is 4.75. The molecule has 0 heterocycles. The summed E-state index contributed by atoms with van der Waals surface area (Å²) in [6, 6.07) is 5.55. The van der Waals surface area contributed by atoms with Gasteiger partial charge in [0, 0.05) is 0 Å². The third kappa shape index (κ3) is 1.82. The minimum absolute atomic E-state index is 0.556. The van der Waals surface area contributed by atoms with Crippen LogP contribution in [0.4, 0.5) is 0 Å². The second-order valence-electron chi connectivity index (χ2n) is 2.67. The fourth-order valence-electron chi connectivity index (χ4n) is 1.22. The topological polar surface area (TPSA) is 27.7 Å². The minimum Gasteiger partial charge on any atom is -0.497 e. The van der Waals surface area contributed by atoms with Gasteiger partial charge in [-0.1, -0.05) is 12.6 Å². The molecule has 0 spiro atoms. The van der Waals surface area contributed by atoms with Crippen LogP contribution in [0.5, 0.6) is 11.5 Å². The summed E-state index contributed by atoms with van der Waals surface area (Å²) in [6.07, 6.45) is 0. The number of hydrogen-bond donors (Lipinski definition) is 0. The highest BCUT2D eigenvalue weighted by molar-refractivity contribution is 5.67. The van der Waals surface area contributed by atoms with Gasteiger partial charge in [0.25, 0.3) is 0 Å². The summed E-state index contributed by atoms with van der Waals surface area (Å²) in [4.78, 5) is 0. The van der Waals surface area contributed by atoms with E-state index in [2.05, 4.69) is 6.58 Å². The van der Waals surface area contributed by atoms with E-state index in [1.54, 1.807) is 21.3 Å². The largest absolute Gasteiger partial charge is 0.497 e. The van der Waals surface area contributed by atoms with Gasteiger partial charge in [-0.3, -0.25) is 0 Å². The normalized spacial score (nSPS) is 9.36. The van der Waals surface area contributed by atoms with E-state index in [4.69, 9.17) is 14.2 Å². The van der Waals surface area contributed by atoms with E-state index in [9.17, 15) is 0 Å². The number of hydrogen-bond acceptors (Lipinski definition) is 3. The molecule has 1 aromatic carbocycles. The van der Waals surface area contributed by atoms with Crippen molar-refractivity contribution in [2.75, 3.05) is 21.3 Å². The van der Waals surface area contributed by atoms with Crippen molar-refractivity contribution in [2.24, 2.45) is 0 Å². The van der Waals surface area contributed by atoms with Crippen molar-refractivity contribution in [3.63, 3.8) is 0 Å². The third-order valence-corrected chi connectivity index (χ3v) is 1.95. The first kappa shape index (κ1) is 10.4. The zero-order valence-corrected chi connectivity index (χ0v) is 8.66. The zero-order chi connectivity index (χ0) is 10.6. The molecule has 76 valence electrons. The summed E-state index contributed by atoms with van der Waals surface area (Å²) in [5, 5.41) is 0. The van der Waals surface area contributed by atoms with Gasteiger partial charge in [0.15, 0.2) is 11.5 Å². The molecule has 0 radical (unpaired) electrons. The first-order valence-corrected chi connectivity index (χ1v) is 4.18. The molecule has 0 N–H and O–H groups in total. The highest BCUT2D eigenvalue weighted by atomic mass is 16.5. The molecule has 0 aliphatic carbocycles. The first-order chi connectivity index (χ1) is 6.74. The molecule has 0 amide bonds. The molecule has 3 heteroatoms. The number of methoxy groups -OCH3 is 3. The van der Waals surface area contributed by atoms with Crippen LogP contribution < -0.4 is 9.47 Å². The molecular weight excluding hydrogens is 180 g/mol. The Hall–Kier alpha value is -1.64. The highest BCUT2D eigenvalue weighted by Crippen LogP contribution is 2.34. The van der Waals surface area contributed by atoms with Crippen LogP contribution in [0.2, 0.25) is 0 Å². The Bertz CT molecular complexity index is 331. The molecule has 0 bridgehead atoms. The Morgan fingerprint density at radius 1 is 1.14 bits per heavy atom. The molecule has 0 atom stereocenters. The fraction of sp³-hybridized carbons (Fsp3) is 0.273. The predicted octanol–water partition coefficient (Wildman–Crippen LogP) is 2.32. The second kappa shape index (κ2) is 4.56. The smallest absolute Gasteiger partial charge is 0.171 e. The van der Waals surface area contributed by atoms with Crippen LogP contribution >= 0.6 is 0 Å². The van der Waals surface area contributed by atoms with Crippen LogP contribution in [0.1, 0.15) is 5.56 Å². The van der Waals surface area contributed by atoms with Crippen LogP contribution in [0.3, 0.4) is 0 Å². The lowest BCUT2D eigenvalue weighted by molar-refractivity contribution is 0.343. The Morgan fingerprint density at radius 2 is 1.86 bits per heavy atom. The van der Waals surface area contributed by atoms with Crippen molar-refractivity contribution in [1.29, 1.82) is 0 Å². The third-order valence-electron chi connectivity index (χ3n) is 1.95. The van der Waals surface area contributed by atoms with Crippen LogP contribution in [0.25, 0.3) is 5.76 Å². The zero-order valence-electron chi connectivity index (χ0n) is 8.66. The van der Waals surface area contributed by atoms with E-state index in [0.717, 1.165) is 5.56 Å². The van der Waals surface area contributed by atoms with E-state index in [1.165, 1.54) is 0 Å². The van der Waals surface area contributed by atoms with Crippen molar-refractivity contribution in [3.8, 4) is 11.5 Å². The van der Waals surface area contributed by atoms with Gasteiger partial charge in [-0.15, -0.1) is 0 Å². The summed E-state index contributed by atoms with van der Waals surface area (Å²) in [5.41, 5.74) is 0.800. The van der Waals surface area contributed by atoms with Gasteiger partial charge in [-0.2, -0.15) is 0 Å². The standard InChI is InChI=1S/C11H14O3/c1-8(12-2)9-6-5-7-10(13-3)11(9)14-4/h5-7H,1H2,2-4H3. The molecule has 1 aromatic rings. The molecule has 3 nitrogen and oxygen atoms in total. The van der Waals surface area contributed by atoms with Crippen molar-refractivity contribution < 1.29 is 14.2 Å². The van der Waals surface area contributed by atoms with Crippen LogP contribution in [-0.2, 0) is 4.74 Å². The first-order valence-electron chi connectivity index (χ1n) is 4.18. The number of ether oxygens (including phenoxy) is 3. The highest BCUT2D eigenvalue weighted by Gasteiger charge is 2.11. The molecule has 1 rings (SSSR count). The van der Waals surface area contributed by atoms with Crippen LogP contribution in [-0.4, -0.2) is 21.3 Å². The Kier molecular flexibility index (Phi) is 3.40. The lowest BCUT2D eigenvalue weighted by atomic mass is 10.1. The summed E-state index contributed by atoms with van der Waals surface area (Å²) in [6.45, 7) is 3.77. The molecule has 0 aromatic heterocycles. The van der Waals surface area contributed by atoms with Gasteiger partial charge in [0.2, 0.25) is 0 Å². The maximum Gasteiger partial charge on any atom is 0.171 e. The molecule has 14 heavy (non-hydrogen) atoms.